The van der Waals surface area contributed by atoms with Gasteiger partial charge in [0.2, 0.25) is 0 Å². The smallest absolute Gasteiger partial charge is 0.257 e. The largest absolute Gasteiger partial charge is 0.507 e. The summed E-state index contributed by atoms with van der Waals surface area (Å²) in [6, 6.07) is 3.26. The van der Waals surface area contributed by atoms with Crippen LogP contribution >= 0.6 is 0 Å². The molecule has 0 unspecified atom stereocenters. The molecule has 6 nitrogen and oxygen atoms in total. The molecule has 1 N–H and O–H groups in total. The number of amides is 1. The van der Waals surface area contributed by atoms with Crippen molar-refractivity contribution >= 4 is 5.91 Å². The van der Waals surface area contributed by atoms with Crippen molar-refractivity contribution in [2.75, 3.05) is 7.05 Å². The van der Waals surface area contributed by atoms with E-state index in [0.29, 0.717) is 5.82 Å². The van der Waals surface area contributed by atoms with Crippen LogP contribution in [0.1, 0.15) is 22.0 Å². The zero-order chi connectivity index (χ0) is 14.9. The Morgan fingerprint density at radius 3 is 2.75 bits per heavy atom. The van der Waals surface area contributed by atoms with Gasteiger partial charge in [0.05, 0.1) is 12.1 Å². The second kappa shape index (κ2) is 5.28. The number of phenolic OH excluding ortho intramolecular Hbond substituents is 1. The lowest BCUT2D eigenvalue weighted by Gasteiger charge is -2.17. The summed E-state index contributed by atoms with van der Waals surface area (Å²) in [5, 5.41) is 17.5. The van der Waals surface area contributed by atoms with Crippen molar-refractivity contribution in [2.45, 2.75) is 13.5 Å². The standard InChI is InChI=1S/C13H15FN4O2/c1-8-15-16-12(18(8)3)7-17(2)13(20)10-6-9(14)4-5-11(10)19/h4-6,19H,7H2,1-3H3. The molecule has 106 valence electrons. The number of halogens is 1. The van der Waals surface area contributed by atoms with Gasteiger partial charge in [-0.05, 0) is 25.1 Å². The maximum Gasteiger partial charge on any atom is 0.257 e. The number of carbonyl (C=O) groups excluding carboxylic acids is 1. The van der Waals surface area contributed by atoms with Gasteiger partial charge < -0.3 is 14.6 Å². The molecule has 0 atom stereocenters. The molecule has 2 rings (SSSR count). The van der Waals surface area contributed by atoms with E-state index in [1.807, 2.05) is 0 Å². The lowest BCUT2D eigenvalue weighted by atomic mass is 10.1. The van der Waals surface area contributed by atoms with Crippen LogP contribution in [0.3, 0.4) is 0 Å². The Labute approximate surface area is 115 Å². The van der Waals surface area contributed by atoms with Crippen LogP contribution in [0.5, 0.6) is 5.75 Å². The zero-order valence-electron chi connectivity index (χ0n) is 11.5. The van der Waals surface area contributed by atoms with Gasteiger partial charge in [-0.1, -0.05) is 0 Å². The average Bonchev–Trinajstić information content (AvgIpc) is 2.72. The van der Waals surface area contributed by atoms with Crippen molar-refractivity contribution in [3.05, 3.63) is 41.2 Å². The number of hydrogen-bond donors (Lipinski definition) is 1. The van der Waals surface area contributed by atoms with Crippen LogP contribution in [0.2, 0.25) is 0 Å². The normalized spacial score (nSPS) is 10.6. The summed E-state index contributed by atoms with van der Waals surface area (Å²) in [4.78, 5) is 13.5. The predicted octanol–water partition coefficient (Wildman–Crippen LogP) is 1.24. The third-order valence-electron chi connectivity index (χ3n) is 3.10. The third-order valence-corrected chi connectivity index (χ3v) is 3.10. The summed E-state index contributed by atoms with van der Waals surface area (Å²) >= 11 is 0. The molecule has 1 heterocycles. The molecule has 0 spiro atoms. The fourth-order valence-corrected chi connectivity index (χ4v) is 1.76. The Morgan fingerprint density at radius 1 is 1.45 bits per heavy atom. The molecule has 0 radical (unpaired) electrons. The molecular weight excluding hydrogens is 263 g/mol. The second-order valence-electron chi connectivity index (χ2n) is 4.55. The van der Waals surface area contributed by atoms with Gasteiger partial charge in [0, 0.05) is 14.1 Å². The van der Waals surface area contributed by atoms with Crippen LogP contribution in [0.4, 0.5) is 4.39 Å². The van der Waals surface area contributed by atoms with E-state index in [0.717, 1.165) is 24.0 Å². The van der Waals surface area contributed by atoms with E-state index in [1.54, 1.807) is 25.6 Å². The maximum absolute atomic E-state index is 13.2. The van der Waals surface area contributed by atoms with Crippen molar-refractivity contribution in [1.82, 2.24) is 19.7 Å². The molecule has 20 heavy (non-hydrogen) atoms. The van der Waals surface area contributed by atoms with E-state index in [-0.39, 0.29) is 17.9 Å². The van der Waals surface area contributed by atoms with Gasteiger partial charge in [0.25, 0.3) is 5.91 Å². The van der Waals surface area contributed by atoms with Crippen molar-refractivity contribution < 1.29 is 14.3 Å². The molecule has 1 aromatic heterocycles. The molecule has 0 saturated carbocycles. The molecule has 0 bridgehead atoms. The predicted molar refractivity (Wildman–Crippen MR) is 69.6 cm³/mol. The monoisotopic (exact) mass is 278 g/mol. The van der Waals surface area contributed by atoms with Crippen molar-refractivity contribution in [2.24, 2.45) is 7.05 Å². The number of phenols is 1. The number of carbonyl (C=O) groups is 1. The Hall–Kier alpha value is -2.44. The fourth-order valence-electron chi connectivity index (χ4n) is 1.76. The minimum absolute atomic E-state index is 0.0774. The van der Waals surface area contributed by atoms with Crippen LogP contribution in [-0.2, 0) is 13.6 Å². The molecule has 1 aromatic carbocycles. The highest BCUT2D eigenvalue weighted by Gasteiger charge is 2.18. The van der Waals surface area contributed by atoms with Crippen LogP contribution in [0.15, 0.2) is 18.2 Å². The minimum atomic E-state index is -0.575. The molecule has 2 aromatic rings. The first-order chi connectivity index (χ1) is 9.40. The number of benzene rings is 1. The molecular formula is C13H15FN4O2. The van der Waals surface area contributed by atoms with E-state index in [1.165, 1.54) is 4.90 Å². The van der Waals surface area contributed by atoms with Crippen LogP contribution in [0.25, 0.3) is 0 Å². The molecule has 7 heteroatoms. The molecule has 1 amide bonds. The van der Waals surface area contributed by atoms with Gasteiger partial charge in [-0.25, -0.2) is 4.39 Å². The molecule has 0 aliphatic heterocycles. The average molecular weight is 278 g/mol. The summed E-state index contributed by atoms with van der Waals surface area (Å²) in [6.45, 7) is 2.02. The summed E-state index contributed by atoms with van der Waals surface area (Å²) in [5.41, 5.74) is -0.0774. The summed E-state index contributed by atoms with van der Waals surface area (Å²) in [6.07, 6.45) is 0. The number of aromatic nitrogens is 3. The van der Waals surface area contributed by atoms with Gasteiger partial charge in [-0.15, -0.1) is 10.2 Å². The maximum atomic E-state index is 13.2. The quantitative estimate of drug-likeness (QED) is 0.917. The molecule has 0 aliphatic rings. The zero-order valence-corrected chi connectivity index (χ0v) is 11.5. The number of aromatic hydroxyl groups is 1. The number of rotatable bonds is 3. The van der Waals surface area contributed by atoms with Crippen molar-refractivity contribution in [3.63, 3.8) is 0 Å². The third kappa shape index (κ3) is 2.61. The number of hydrogen-bond acceptors (Lipinski definition) is 4. The second-order valence-corrected chi connectivity index (χ2v) is 4.55. The van der Waals surface area contributed by atoms with Crippen molar-refractivity contribution in [1.29, 1.82) is 0 Å². The molecule has 0 aliphatic carbocycles. The van der Waals surface area contributed by atoms with E-state index >= 15 is 0 Å². The lowest BCUT2D eigenvalue weighted by molar-refractivity contribution is 0.0776. The van der Waals surface area contributed by atoms with Gasteiger partial charge in [0.15, 0.2) is 5.82 Å². The van der Waals surface area contributed by atoms with E-state index < -0.39 is 11.7 Å². The Morgan fingerprint density at radius 2 is 2.15 bits per heavy atom. The van der Waals surface area contributed by atoms with Gasteiger partial charge in [0.1, 0.15) is 17.4 Å². The summed E-state index contributed by atoms with van der Waals surface area (Å²) in [7, 11) is 3.35. The highest BCUT2D eigenvalue weighted by molar-refractivity contribution is 5.96. The SMILES string of the molecule is Cc1nnc(CN(C)C(=O)c2cc(F)ccc2O)n1C. The van der Waals surface area contributed by atoms with Gasteiger partial charge >= 0.3 is 0 Å². The first kappa shape index (κ1) is 14.0. The van der Waals surface area contributed by atoms with Crippen molar-refractivity contribution in [3.8, 4) is 5.75 Å². The topological polar surface area (TPSA) is 71.2 Å². The van der Waals surface area contributed by atoms with Crippen LogP contribution < -0.4 is 0 Å². The molecule has 0 fully saturated rings. The fraction of sp³-hybridized carbons (Fsp3) is 0.308. The number of aryl methyl sites for hydroxylation is 1. The first-order valence-corrected chi connectivity index (χ1v) is 5.99. The van der Waals surface area contributed by atoms with Gasteiger partial charge in [-0.3, -0.25) is 4.79 Å². The van der Waals surface area contributed by atoms with Crippen LogP contribution in [-0.4, -0.2) is 37.7 Å². The van der Waals surface area contributed by atoms with E-state index in [4.69, 9.17) is 0 Å². The van der Waals surface area contributed by atoms with Gasteiger partial charge in [-0.2, -0.15) is 0 Å². The molecule has 0 saturated heterocycles. The minimum Gasteiger partial charge on any atom is -0.507 e. The Kier molecular flexibility index (Phi) is 3.69. The Bertz CT molecular complexity index is 654. The Balaban J connectivity index is 2.20. The number of nitrogens with zero attached hydrogens (tertiary/aromatic N) is 4. The first-order valence-electron chi connectivity index (χ1n) is 5.99. The highest BCUT2D eigenvalue weighted by atomic mass is 19.1. The highest BCUT2D eigenvalue weighted by Crippen LogP contribution is 2.20. The van der Waals surface area contributed by atoms with E-state index in [2.05, 4.69) is 10.2 Å². The van der Waals surface area contributed by atoms with Crippen LogP contribution in [0, 0.1) is 12.7 Å². The summed E-state index contributed by atoms with van der Waals surface area (Å²) in [5.74, 6) is 0.0257. The lowest BCUT2D eigenvalue weighted by Crippen LogP contribution is -2.27. The van der Waals surface area contributed by atoms with E-state index in [9.17, 15) is 14.3 Å². The summed E-state index contributed by atoms with van der Waals surface area (Å²) < 4.78 is 14.9.